The van der Waals surface area contributed by atoms with Crippen molar-refractivity contribution in [2.45, 2.75) is 23.8 Å². The Morgan fingerprint density at radius 1 is 1.09 bits per heavy atom. The van der Waals surface area contributed by atoms with E-state index in [2.05, 4.69) is 9.97 Å². The van der Waals surface area contributed by atoms with Crippen LogP contribution in [0.4, 0.5) is 5.69 Å². The Hall–Kier alpha value is -3.36. The fraction of sp³-hybridized carbons (Fsp3) is 0.200. The SMILES string of the molecule is CN(c1ccccc1)S(=O)(=O)c1cc(C(=O)N2CCC[C@H]2c2nc3ccccc3[nH]2)ccc1Cl. The number of hydrogen-bond acceptors (Lipinski definition) is 4. The molecular weight excluding hydrogens is 472 g/mol. The van der Waals surface area contributed by atoms with Crippen molar-refractivity contribution < 1.29 is 13.2 Å². The predicted octanol–water partition coefficient (Wildman–Crippen LogP) is 5.02. The predicted molar refractivity (Wildman–Crippen MR) is 133 cm³/mol. The van der Waals surface area contributed by atoms with Crippen LogP contribution in [0.25, 0.3) is 11.0 Å². The van der Waals surface area contributed by atoms with Crippen molar-refractivity contribution in [3.05, 3.63) is 89.2 Å². The van der Waals surface area contributed by atoms with Crippen LogP contribution in [0.15, 0.2) is 77.7 Å². The van der Waals surface area contributed by atoms with Gasteiger partial charge in [0.15, 0.2) is 0 Å². The second kappa shape index (κ2) is 8.77. The first-order chi connectivity index (χ1) is 16.4. The lowest BCUT2D eigenvalue weighted by Gasteiger charge is -2.24. The summed E-state index contributed by atoms with van der Waals surface area (Å²) >= 11 is 6.30. The Morgan fingerprint density at radius 2 is 1.82 bits per heavy atom. The molecule has 0 radical (unpaired) electrons. The van der Waals surface area contributed by atoms with Crippen molar-refractivity contribution in [2.24, 2.45) is 0 Å². The molecule has 0 bridgehead atoms. The van der Waals surface area contributed by atoms with Crippen LogP contribution in [0.2, 0.25) is 5.02 Å². The molecule has 7 nitrogen and oxygen atoms in total. The van der Waals surface area contributed by atoms with Crippen molar-refractivity contribution >= 4 is 44.3 Å². The first kappa shape index (κ1) is 22.4. The number of likely N-dealkylation sites (tertiary alicyclic amines) is 1. The summed E-state index contributed by atoms with van der Waals surface area (Å²) < 4.78 is 27.8. The molecule has 1 N–H and O–H groups in total. The average Bonchev–Trinajstić information content (AvgIpc) is 3.51. The summed E-state index contributed by atoms with van der Waals surface area (Å²) in [5.74, 6) is 0.483. The van der Waals surface area contributed by atoms with Gasteiger partial charge in [-0.1, -0.05) is 41.9 Å². The van der Waals surface area contributed by atoms with E-state index in [9.17, 15) is 13.2 Å². The van der Waals surface area contributed by atoms with E-state index >= 15 is 0 Å². The molecule has 0 unspecified atom stereocenters. The van der Waals surface area contributed by atoms with Gasteiger partial charge in [-0.15, -0.1) is 0 Å². The number of nitrogens with zero attached hydrogens (tertiary/aromatic N) is 3. The number of nitrogens with one attached hydrogen (secondary N) is 1. The van der Waals surface area contributed by atoms with E-state index < -0.39 is 10.0 Å². The molecule has 0 spiro atoms. The Balaban J connectivity index is 1.47. The number of aromatic nitrogens is 2. The summed E-state index contributed by atoms with van der Waals surface area (Å²) in [4.78, 5) is 23.2. The number of imidazole rings is 1. The van der Waals surface area contributed by atoms with Gasteiger partial charge in [-0.05, 0) is 55.3 Å². The minimum Gasteiger partial charge on any atom is -0.340 e. The molecule has 2 heterocycles. The minimum atomic E-state index is -3.97. The zero-order valence-electron chi connectivity index (χ0n) is 18.5. The van der Waals surface area contributed by atoms with Crippen LogP contribution >= 0.6 is 11.6 Å². The number of anilines is 1. The zero-order chi connectivity index (χ0) is 23.9. The fourth-order valence-electron chi connectivity index (χ4n) is 4.35. The number of halogens is 1. The number of amides is 1. The van der Waals surface area contributed by atoms with E-state index in [0.29, 0.717) is 12.2 Å². The maximum absolute atomic E-state index is 13.5. The van der Waals surface area contributed by atoms with Crippen molar-refractivity contribution in [1.82, 2.24) is 14.9 Å². The molecule has 1 fully saturated rings. The molecule has 1 aliphatic heterocycles. The number of carbonyl (C=O) groups excluding carboxylic acids is 1. The third kappa shape index (κ3) is 3.93. The molecule has 0 aliphatic carbocycles. The number of benzene rings is 3. The normalized spacial score (nSPS) is 16.2. The highest BCUT2D eigenvalue weighted by molar-refractivity contribution is 7.93. The molecule has 1 atom stereocenters. The number of sulfonamides is 1. The summed E-state index contributed by atoms with van der Waals surface area (Å²) in [5, 5.41) is 0.0644. The molecule has 3 aromatic carbocycles. The van der Waals surface area contributed by atoms with Gasteiger partial charge < -0.3 is 9.88 Å². The van der Waals surface area contributed by atoms with E-state index in [1.165, 1.54) is 19.2 Å². The Kier molecular flexibility index (Phi) is 5.79. The standard InChI is InChI=1S/C25H23ClN4O3S/c1-29(18-8-3-2-4-9-18)34(32,33)23-16-17(13-14-19(23)26)25(31)30-15-7-12-22(30)24-27-20-10-5-6-11-21(20)28-24/h2-6,8-11,13-14,16,22H,7,12,15H2,1H3,(H,27,28)/t22-/m0/s1. The molecule has 0 saturated carbocycles. The maximum atomic E-state index is 13.5. The summed E-state index contributed by atoms with van der Waals surface area (Å²) in [6, 6.07) is 20.7. The molecule has 4 aromatic rings. The van der Waals surface area contributed by atoms with E-state index in [4.69, 9.17) is 11.6 Å². The van der Waals surface area contributed by atoms with Crippen molar-refractivity contribution in [1.29, 1.82) is 0 Å². The number of rotatable bonds is 5. The van der Waals surface area contributed by atoms with E-state index in [1.54, 1.807) is 35.2 Å². The van der Waals surface area contributed by atoms with Crippen molar-refractivity contribution in [3.8, 4) is 0 Å². The first-order valence-corrected chi connectivity index (χ1v) is 12.8. The van der Waals surface area contributed by atoms with Gasteiger partial charge in [0, 0.05) is 19.2 Å². The third-order valence-corrected chi connectivity index (χ3v) is 8.44. The highest BCUT2D eigenvalue weighted by Gasteiger charge is 2.34. The summed E-state index contributed by atoms with van der Waals surface area (Å²) in [7, 11) is -2.51. The number of carbonyl (C=O) groups is 1. The molecule has 1 aromatic heterocycles. The lowest BCUT2D eigenvalue weighted by atomic mass is 10.1. The summed E-state index contributed by atoms with van der Waals surface area (Å²) in [5.41, 5.74) is 2.54. The molecular formula is C25H23ClN4O3S. The van der Waals surface area contributed by atoms with E-state index in [-0.39, 0.29) is 27.4 Å². The lowest BCUT2D eigenvalue weighted by molar-refractivity contribution is 0.0730. The number of fused-ring (bicyclic) bond motifs is 1. The number of H-pyrrole nitrogens is 1. The quantitative estimate of drug-likeness (QED) is 0.422. The maximum Gasteiger partial charge on any atom is 0.265 e. The fourth-order valence-corrected chi connectivity index (χ4v) is 6.04. The number of hydrogen-bond donors (Lipinski definition) is 1. The van der Waals surface area contributed by atoms with Crippen LogP contribution < -0.4 is 4.31 Å². The second-order valence-corrected chi connectivity index (χ2v) is 10.6. The minimum absolute atomic E-state index is 0.0644. The van der Waals surface area contributed by atoms with Gasteiger partial charge in [0.1, 0.15) is 10.7 Å². The molecule has 1 saturated heterocycles. The second-order valence-electron chi connectivity index (χ2n) is 8.25. The van der Waals surface area contributed by atoms with Gasteiger partial charge in [-0.3, -0.25) is 9.10 Å². The summed E-state index contributed by atoms with van der Waals surface area (Å²) in [6.45, 7) is 0.565. The topological polar surface area (TPSA) is 86.4 Å². The largest absolute Gasteiger partial charge is 0.340 e. The first-order valence-electron chi connectivity index (χ1n) is 11.0. The van der Waals surface area contributed by atoms with Crippen LogP contribution in [-0.2, 0) is 10.0 Å². The van der Waals surface area contributed by atoms with Crippen LogP contribution in [0.1, 0.15) is 35.1 Å². The number of para-hydroxylation sites is 3. The smallest absolute Gasteiger partial charge is 0.265 e. The van der Waals surface area contributed by atoms with Crippen LogP contribution in [0, 0.1) is 0 Å². The zero-order valence-corrected chi connectivity index (χ0v) is 20.1. The van der Waals surface area contributed by atoms with Gasteiger partial charge in [-0.2, -0.15) is 0 Å². The highest BCUT2D eigenvalue weighted by atomic mass is 35.5. The molecule has 9 heteroatoms. The molecule has 1 amide bonds. The average molecular weight is 495 g/mol. The van der Waals surface area contributed by atoms with Gasteiger partial charge in [0.05, 0.1) is 27.8 Å². The van der Waals surface area contributed by atoms with Gasteiger partial charge in [0.25, 0.3) is 15.9 Å². The van der Waals surface area contributed by atoms with Gasteiger partial charge in [-0.25, -0.2) is 13.4 Å². The highest BCUT2D eigenvalue weighted by Crippen LogP contribution is 2.34. The van der Waals surface area contributed by atoms with Gasteiger partial charge >= 0.3 is 0 Å². The van der Waals surface area contributed by atoms with E-state index in [1.807, 2.05) is 30.3 Å². The summed E-state index contributed by atoms with van der Waals surface area (Å²) in [6.07, 6.45) is 1.62. The Morgan fingerprint density at radius 3 is 2.59 bits per heavy atom. The monoisotopic (exact) mass is 494 g/mol. The molecule has 5 rings (SSSR count). The lowest BCUT2D eigenvalue weighted by Crippen LogP contribution is -2.31. The van der Waals surface area contributed by atoms with Crippen molar-refractivity contribution in [2.75, 3.05) is 17.9 Å². The number of aromatic amines is 1. The molecule has 34 heavy (non-hydrogen) atoms. The van der Waals surface area contributed by atoms with Crippen LogP contribution in [-0.4, -0.2) is 42.8 Å². The molecule has 174 valence electrons. The van der Waals surface area contributed by atoms with Gasteiger partial charge in [0.2, 0.25) is 0 Å². The van der Waals surface area contributed by atoms with E-state index in [0.717, 1.165) is 34.0 Å². The molecule has 1 aliphatic rings. The van der Waals surface area contributed by atoms with Crippen LogP contribution in [0.5, 0.6) is 0 Å². The third-order valence-electron chi connectivity index (χ3n) is 6.17. The van der Waals surface area contributed by atoms with Crippen LogP contribution in [0.3, 0.4) is 0 Å². The Labute approximate surface area is 203 Å². The van der Waals surface area contributed by atoms with Crippen molar-refractivity contribution in [3.63, 3.8) is 0 Å². The Bertz CT molecular complexity index is 1440.